The molecule has 1 amide bonds. The quantitative estimate of drug-likeness (QED) is 0.305. The number of hydrogen-bond donors (Lipinski definition) is 1. The summed E-state index contributed by atoms with van der Waals surface area (Å²) < 4.78 is 25.3. The van der Waals surface area contributed by atoms with E-state index in [2.05, 4.69) is 15.0 Å². The van der Waals surface area contributed by atoms with Crippen molar-refractivity contribution in [3.63, 3.8) is 0 Å². The Morgan fingerprint density at radius 3 is 2.82 bits per heavy atom. The molecule has 10 heteroatoms. The smallest absolute Gasteiger partial charge is 0.246 e. The number of carbonyl (C=O) groups is 1. The van der Waals surface area contributed by atoms with Gasteiger partial charge in [0, 0.05) is 18.7 Å². The van der Waals surface area contributed by atoms with E-state index in [1.165, 1.54) is 18.3 Å². The van der Waals surface area contributed by atoms with Crippen molar-refractivity contribution in [2.24, 2.45) is 11.8 Å². The van der Waals surface area contributed by atoms with Crippen LogP contribution >= 0.6 is 11.6 Å². The largest absolute Gasteiger partial charge is 0.489 e. The highest BCUT2D eigenvalue weighted by molar-refractivity contribution is 6.30. The first-order valence-corrected chi connectivity index (χ1v) is 10.6. The topological polar surface area (TPSA) is 103 Å². The SMILES string of the molecule is COCc1nc(C)ncc1OC[C@@]1(c2cccc(F)c2)C[C@H]1C(=O)N(N)c1ccc(Cl)cn1. The van der Waals surface area contributed by atoms with E-state index in [9.17, 15) is 9.18 Å². The lowest BCUT2D eigenvalue weighted by molar-refractivity contribution is -0.120. The van der Waals surface area contributed by atoms with Crippen LogP contribution in [0, 0.1) is 18.7 Å². The molecule has 2 aromatic heterocycles. The van der Waals surface area contributed by atoms with Crippen LogP contribution in [0.25, 0.3) is 0 Å². The Morgan fingerprint density at radius 1 is 1.30 bits per heavy atom. The van der Waals surface area contributed by atoms with E-state index < -0.39 is 17.2 Å². The summed E-state index contributed by atoms with van der Waals surface area (Å²) in [4.78, 5) is 25.9. The summed E-state index contributed by atoms with van der Waals surface area (Å²) in [7, 11) is 1.56. The molecule has 1 saturated carbocycles. The van der Waals surface area contributed by atoms with Crippen LogP contribution in [0.15, 0.2) is 48.8 Å². The molecule has 3 aromatic rings. The van der Waals surface area contributed by atoms with Crippen LogP contribution in [-0.2, 0) is 21.6 Å². The lowest BCUT2D eigenvalue weighted by atomic mass is 9.93. The summed E-state index contributed by atoms with van der Waals surface area (Å²) in [5.41, 5.74) is 0.478. The molecule has 4 rings (SSSR count). The highest BCUT2D eigenvalue weighted by Crippen LogP contribution is 2.55. The number of carbonyl (C=O) groups excluding carboxylic acids is 1. The normalized spacial score (nSPS) is 19.2. The van der Waals surface area contributed by atoms with Crippen molar-refractivity contribution in [3.05, 3.63) is 76.7 Å². The summed E-state index contributed by atoms with van der Waals surface area (Å²) in [5.74, 6) is 6.09. The van der Waals surface area contributed by atoms with Gasteiger partial charge in [0.25, 0.3) is 0 Å². The number of nitrogens with two attached hydrogens (primary N) is 1. The van der Waals surface area contributed by atoms with Gasteiger partial charge in [-0.25, -0.2) is 30.2 Å². The summed E-state index contributed by atoms with van der Waals surface area (Å²) in [6.45, 7) is 2.12. The van der Waals surface area contributed by atoms with E-state index in [-0.39, 0.29) is 24.9 Å². The zero-order valence-corrected chi connectivity index (χ0v) is 18.9. The molecule has 2 heterocycles. The van der Waals surface area contributed by atoms with Crippen molar-refractivity contribution in [2.75, 3.05) is 18.7 Å². The Morgan fingerprint density at radius 2 is 2.12 bits per heavy atom. The second-order valence-electron chi connectivity index (χ2n) is 7.92. The zero-order valence-electron chi connectivity index (χ0n) is 18.2. The highest BCUT2D eigenvalue weighted by atomic mass is 35.5. The second kappa shape index (κ2) is 9.38. The Hall–Kier alpha value is -3.14. The molecule has 33 heavy (non-hydrogen) atoms. The molecule has 1 aliphatic rings. The number of pyridine rings is 1. The first-order chi connectivity index (χ1) is 15.8. The lowest BCUT2D eigenvalue weighted by Crippen LogP contribution is -2.41. The van der Waals surface area contributed by atoms with Gasteiger partial charge in [0.15, 0.2) is 5.75 Å². The maximum atomic E-state index is 14.1. The minimum Gasteiger partial charge on any atom is -0.489 e. The van der Waals surface area contributed by atoms with E-state index in [0.717, 1.165) is 5.01 Å². The predicted octanol–water partition coefficient (Wildman–Crippen LogP) is 3.36. The molecule has 172 valence electrons. The third-order valence-electron chi connectivity index (χ3n) is 5.69. The van der Waals surface area contributed by atoms with Gasteiger partial charge in [0.1, 0.15) is 23.2 Å². The van der Waals surface area contributed by atoms with Crippen LogP contribution in [0.2, 0.25) is 5.02 Å². The van der Waals surface area contributed by atoms with Crippen molar-refractivity contribution in [1.29, 1.82) is 0 Å². The summed E-state index contributed by atoms with van der Waals surface area (Å²) >= 11 is 5.88. The van der Waals surface area contributed by atoms with Gasteiger partial charge in [-0.05, 0) is 43.2 Å². The number of benzene rings is 1. The molecule has 2 atom stereocenters. The molecule has 0 radical (unpaired) electrons. The standard InChI is InChI=1S/C23H23ClFN5O3/c1-14-27-11-20(19(29-14)12-32-2)33-13-23(15-4-3-5-17(25)8-15)9-18(23)22(31)30(26)21-7-6-16(24)10-28-21/h3-8,10-11,18H,9,12-13,26H2,1-2H3/t18-,23+/m0/s1. The number of ether oxygens (including phenoxy) is 2. The molecule has 1 aromatic carbocycles. The van der Waals surface area contributed by atoms with E-state index >= 15 is 0 Å². The molecule has 0 unspecified atom stereocenters. The van der Waals surface area contributed by atoms with Crippen molar-refractivity contribution in [1.82, 2.24) is 15.0 Å². The van der Waals surface area contributed by atoms with E-state index in [1.807, 2.05) is 0 Å². The first-order valence-electron chi connectivity index (χ1n) is 10.2. The molecule has 0 spiro atoms. The van der Waals surface area contributed by atoms with E-state index in [1.54, 1.807) is 44.5 Å². The molecule has 0 aliphatic heterocycles. The minimum atomic E-state index is -0.765. The van der Waals surface area contributed by atoms with Crippen LogP contribution in [0.4, 0.5) is 10.2 Å². The summed E-state index contributed by atoms with van der Waals surface area (Å²) in [5, 5.41) is 1.42. The fourth-order valence-electron chi connectivity index (χ4n) is 3.85. The molecular formula is C23H23ClFN5O3. The van der Waals surface area contributed by atoms with Crippen molar-refractivity contribution in [2.45, 2.75) is 25.4 Å². The maximum absolute atomic E-state index is 14.1. The Balaban J connectivity index is 1.60. The number of aromatic nitrogens is 3. The van der Waals surface area contributed by atoms with Crippen LogP contribution in [-0.4, -0.2) is 34.6 Å². The van der Waals surface area contributed by atoms with E-state index in [4.69, 9.17) is 26.9 Å². The summed E-state index contributed by atoms with van der Waals surface area (Å²) in [6.07, 6.45) is 3.42. The van der Waals surface area contributed by atoms with Gasteiger partial charge >= 0.3 is 0 Å². The number of hydrazine groups is 1. The third kappa shape index (κ3) is 4.80. The van der Waals surface area contributed by atoms with Gasteiger partial charge in [-0.1, -0.05) is 23.7 Å². The van der Waals surface area contributed by atoms with Crippen LogP contribution in [0.3, 0.4) is 0 Å². The average Bonchev–Trinajstić information content (AvgIpc) is 3.54. The molecule has 1 aliphatic carbocycles. The monoisotopic (exact) mass is 471 g/mol. The Labute approximate surface area is 195 Å². The number of rotatable bonds is 8. The number of anilines is 1. The number of methoxy groups -OCH3 is 1. The van der Waals surface area contributed by atoms with Crippen LogP contribution < -0.4 is 15.6 Å². The Bertz CT molecular complexity index is 1160. The molecule has 1 fully saturated rings. The second-order valence-corrected chi connectivity index (χ2v) is 8.35. The first kappa shape index (κ1) is 23.0. The Kier molecular flexibility index (Phi) is 6.55. The molecule has 2 N–H and O–H groups in total. The van der Waals surface area contributed by atoms with Crippen LogP contribution in [0.1, 0.15) is 23.5 Å². The fraction of sp³-hybridized carbons (Fsp3) is 0.304. The lowest BCUT2D eigenvalue weighted by Gasteiger charge is -2.22. The van der Waals surface area contributed by atoms with Gasteiger partial charge in [0.2, 0.25) is 5.91 Å². The molecular weight excluding hydrogens is 449 g/mol. The summed E-state index contributed by atoms with van der Waals surface area (Å²) in [6, 6.07) is 9.32. The molecule has 0 saturated heterocycles. The fourth-order valence-corrected chi connectivity index (χ4v) is 3.97. The zero-order chi connectivity index (χ0) is 23.6. The van der Waals surface area contributed by atoms with Crippen LogP contribution in [0.5, 0.6) is 5.75 Å². The van der Waals surface area contributed by atoms with Crippen molar-refractivity contribution >= 4 is 23.3 Å². The predicted molar refractivity (Wildman–Crippen MR) is 120 cm³/mol. The highest BCUT2D eigenvalue weighted by Gasteiger charge is 2.61. The maximum Gasteiger partial charge on any atom is 0.246 e. The number of halogens is 2. The van der Waals surface area contributed by atoms with Gasteiger partial charge in [-0.15, -0.1) is 0 Å². The number of hydrogen-bond acceptors (Lipinski definition) is 7. The van der Waals surface area contributed by atoms with E-state index in [0.29, 0.717) is 34.3 Å². The molecule has 8 nitrogen and oxygen atoms in total. The average molecular weight is 472 g/mol. The number of amides is 1. The third-order valence-corrected chi connectivity index (χ3v) is 5.91. The van der Waals surface area contributed by atoms with Gasteiger partial charge < -0.3 is 9.47 Å². The van der Waals surface area contributed by atoms with Crippen molar-refractivity contribution in [3.8, 4) is 5.75 Å². The van der Waals surface area contributed by atoms with Crippen molar-refractivity contribution < 1.29 is 18.7 Å². The van der Waals surface area contributed by atoms with Gasteiger partial charge in [-0.3, -0.25) is 4.79 Å². The number of nitrogens with zero attached hydrogens (tertiary/aromatic N) is 4. The molecule has 0 bridgehead atoms. The van der Waals surface area contributed by atoms with Gasteiger partial charge in [0.05, 0.1) is 30.4 Å². The number of aryl methyl sites for hydroxylation is 1. The minimum absolute atomic E-state index is 0.109. The van der Waals surface area contributed by atoms with Gasteiger partial charge in [-0.2, -0.15) is 0 Å².